The summed E-state index contributed by atoms with van der Waals surface area (Å²) < 4.78 is 13.1. The van der Waals surface area contributed by atoms with Gasteiger partial charge in [-0.15, -0.1) is 0 Å². The van der Waals surface area contributed by atoms with Crippen LogP contribution in [-0.2, 0) is 24.2 Å². The van der Waals surface area contributed by atoms with Crippen LogP contribution in [0, 0.1) is 0 Å². The third-order valence-electron chi connectivity index (χ3n) is 8.01. The number of benzene rings is 2. The van der Waals surface area contributed by atoms with Crippen LogP contribution in [0.1, 0.15) is 24.0 Å². The minimum atomic E-state index is -0.670. The first-order valence-corrected chi connectivity index (χ1v) is 13.7. The van der Waals surface area contributed by atoms with Crippen LogP contribution in [0.5, 0.6) is 5.75 Å². The molecule has 1 N–H and O–H groups in total. The van der Waals surface area contributed by atoms with E-state index in [4.69, 9.17) is 21.1 Å². The van der Waals surface area contributed by atoms with Crippen LogP contribution in [0.3, 0.4) is 0 Å². The predicted octanol–water partition coefficient (Wildman–Crippen LogP) is 3.32. The molecule has 0 spiro atoms. The van der Waals surface area contributed by atoms with E-state index in [0.717, 1.165) is 64.4 Å². The van der Waals surface area contributed by atoms with Crippen LogP contribution in [0.25, 0.3) is 10.8 Å². The Hall–Kier alpha value is -2.42. The Morgan fingerprint density at radius 1 is 1.03 bits per heavy atom. The average Bonchev–Trinajstić information content (AvgIpc) is 2.87. The monoisotopic (exact) mass is 523 g/mol. The van der Waals surface area contributed by atoms with Crippen molar-refractivity contribution in [3.8, 4) is 5.75 Å². The highest BCUT2D eigenvalue weighted by Crippen LogP contribution is 2.28. The lowest BCUT2D eigenvalue weighted by atomic mass is 10.00. The van der Waals surface area contributed by atoms with E-state index in [9.17, 15) is 9.90 Å². The van der Waals surface area contributed by atoms with Crippen molar-refractivity contribution in [3.63, 3.8) is 0 Å². The summed E-state index contributed by atoms with van der Waals surface area (Å²) in [6, 6.07) is 14.5. The number of nitrogens with zero attached hydrogens (tertiary/aromatic N) is 3. The molecule has 3 aliphatic heterocycles. The molecule has 0 unspecified atom stereocenters. The Morgan fingerprint density at radius 3 is 2.57 bits per heavy atom. The third kappa shape index (κ3) is 5.42. The van der Waals surface area contributed by atoms with Gasteiger partial charge in [-0.1, -0.05) is 35.9 Å². The minimum absolute atomic E-state index is 0.148. The molecule has 2 fully saturated rings. The Kier molecular flexibility index (Phi) is 7.23. The molecule has 0 bridgehead atoms. The Labute approximate surface area is 222 Å². The van der Waals surface area contributed by atoms with E-state index < -0.39 is 6.10 Å². The number of aromatic nitrogens is 1. The summed E-state index contributed by atoms with van der Waals surface area (Å²) in [6.45, 7) is 6.15. The van der Waals surface area contributed by atoms with Gasteiger partial charge in [0.2, 0.25) is 0 Å². The van der Waals surface area contributed by atoms with Gasteiger partial charge in [-0.25, -0.2) is 0 Å². The highest BCUT2D eigenvalue weighted by Gasteiger charge is 2.30. The fourth-order valence-electron chi connectivity index (χ4n) is 5.81. The minimum Gasteiger partial charge on any atom is -0.490 e. The maximum absolute atomic E-state index is 13.2. The van der Waals surface area contributed by atoms with Crippen molar-refractivity contribution in [2.75, 3.05) is 39.4 Å². The van der Waals surface area contributed by atoms with Gasteiger partial charge in [0.05, 0.1) is 36.9 Å². The summed E-state index contributed by atoms with van der Waals surface area (Å²) in [4.78, 5) is 18.0. The molecule has 0 radical (unpaired) electrons. The number of fused-ring (bicyclic) bond motifs is 2. The van der Waals surface area contributed by atoms with E-state index in [2.05, 4.69) is 34.1 Å². The van der Waals surface area contributed by atoms with Crippen LogP contribution in [-0.4, -0.2) is 77.1 Å². The van der Waals surface area contributed by atoms with Crippen molar-refractivity contribution < 1.29 is 14.6 Å². The second kappa shape index (κ2) is 10.8. The zero-order valence-corrected chi connectivity index (χ0v) is 21.8. The largest absolute Gasteiger partial charge is 0.490 e. The number of aliphatic hydroxyl groups is 1. The number of hydrogen-bond acceptors (Lipinski definition) is 6. The SMILES string of the molecule is O=c1c2ccc(OC3CCN(C4COC4)CC3)cc2c(Cl)cn1C[C@H](O)CN1CCc2ccccc2C1. The van der Waals surface area contributed by atoms with Crippen LogP contribution >= 0.6 is 11.6 Å². The van der Waals surface area contributed by atoms with Gasteiger partial charge >= 0.3 is 0 Å². The van der Waals surface area contributed by atoms with Crippen molar-refractivity contribution in [1.82, 2.24) is 14.4 Å². The first-order valence-electron chi connectivity index (χ1n) is 13.3. The number of halogens is 1. The predicted molar refractivity (Wildman–Crippen MR) is 144 cm³/mol. The summed E-state index contributed by atoms with van der Waals surface area (Å²) >= 11 is 6.63. The fourth-order valence-corrected chi connectivity index (χ4v) is 6.09. The second-order valence-corrected chi connectivity index (χ2v) is 11.0. The number of rotatable bonds is 7. The number of piperidine rings is 1. The molecule has 7 nitrogen and oxygen atoms in total. The molecule has 1 atom stereocenters. The van der Waals surface area contributed by atoms with E-state index in [-0.39, 0.29) is 18.2 Å². The van der Waals surface area contributed by atoms with Gasteiger partial charge in [-0.2, -0.15) is 0 Å². The van der Waals surface area contributed by atoms with E-state index in [0.29, 0.717) is 28.4 Å². The van der Waals surface area contributed by atoms with E-state index >= 15 is 0 Å². The molecule has 1 aromatic heterocycles. The molecule has 3 aromatic rings. The maximum Gasteiger partial charge on any atom is 0.258 e. The van der Waals surface area contributed by atoms with Crippen molar-refractivity contribution in [2.24, 2.45) is 0 Å². The van der Waals surface area contributed by atoms with Crippen LogP contribution in [0.15, 0.2) is 53.5 Å². The molecular formula is C29H34ClN3O4. The number of likely N-dealkylation sites (tertiary alicyclic amines) is 1. The zero-order chi connectivity index (χ0) is 25.4. The smallest absolute Gasteiger partial charge is 0.258 e. The maximum atomic E-state index is 13.2. The zero-order valence-electron chi connectivity index (χ0n) is 21.0. The molecule has 0 amide bonds. The summed E-state index contributed by atoms with van der Waals surface area (Å²) in [6.07, 6.45) is 4.06. The fraction of sp³-hybridized carbons (Fsp3) is 0.483. The van der Waals surface area contributed by atoms with Gasteiger partial charge in [-0.05, 0) is 48.6 Å². The molecule has 196 valence electrons. The molecule has 6 rings (SSSR count). The summed E-state index contributed by atoms with van der Waals surface area (Å²) in [5.74, 6) is 0.738. The number of aliphatic hydroxyl groups excluding tert-OH is 1. The van der Waals surface area contributed by atoms with Crippen molar-refractivity contribution in [2.45, 2.75) is 50.6 Å². The van der Waals surface area contributed by atoms with Gasteiger partial charge in [-0.3, -0.25) is 14.6 Å². The molecule has 0 saturated carbocycles. The Bertz CT molecular complexity index is 1320. The lowest BCUT2D eigenvalue weighted by Gasteiger charge is -2.41. The first kappa shape index (κ1) is 24.9. The topological polar surface area (TPSA) is 67.2 Å². The van der Waals surface area contributed by atoms with Crippen LogP contribution in [0.2, 0.25) is 5.02 Å². The van der Waals surface area contributed by atoms with Crippen molar-refractivity contribution >= 4 is 22.4 Å². The van der Waals surface area contributed by atoms with Gasteiger partial charge in [0, 0.05) is 49.7 Å². The summed E-state index contributed by atoms with van der Waals surface area (Å²) in [5, 5.41) is 12.5. The lowest BCUT2D eigenvalue weighted by Crippen LogP contribution is -2.52. The molecule has 4 heterocycles. The highest BCUT2D eigenvalue weighted by atomic mass is 35.5. The molecule has 2 aromatic carbocycles. The van der Waals surface area contributed by atoms with Crippen LogP contribution < -0.4 is 10.3 Å². The van der Waals surface area contributed by atoms with Crippen molar-refractivity contribution in [3.05, 3.63) is 75.2 Å². The normalized spacial score (nSPS) is 20.5. The number of hydrogen-bond donors (Lipinski definition) is 1. The van der Waals surface area contributed by atoms with E-state index in [1.54, 1.807) is 12.3 Å². The molecule has 2 saturated heterocycles. The molecule has 0 aliphatic carbocycles. The molecular weight excluding hydrogens is 490 g/mol. The van der Waals surface area contributed by atoms with Crippen LogP contribution in [0.4, 0.5) is 0 Å². The van der Waals surface area contributed by atoms with Crippen molar-refractivity contribution in [1.29, 1.82) is 0 Å². The molecule has 3 aliphatic rings. The summed E-state index contributed by atoms with van der Waals surface area (Å²) in [7, 11) is 0. The number of ether oxygens (including phenoxy) is 2. The van der Waals surface area contributed by atoms with Gasteiger partial charge in [0.15, 0.2) is 0 Å². The lowest BCUT2D eigenvalue weighted by molar-refractivity contribution is -0.0777. The first-order chi connectivity index (χ1) is 18.0. The third-order valence-corrected chi connectivity index (χ3v) is 8.31. The average molecular weight is 524 g/mol. The van der Waals surface area contributed by atoms with E-state index in [1.807, 2.05) is 12.1 Å². The van der Waals surface area contributed by atoms with Gasteiger partial charge in [0.1, 0.15) is 11.9 Å². The Balaban J connectivity index is 1.10. The van der Waals surface area contributed by atoms with Gasteiger partial charge < -0.3 is 19.1 Å². The molecule has 37 heavy (non-hydrogen) atoms. The second-order valence-electron chi connectivity index (χ2n) is 10.6. The highest BCUT2D eigenvalue weighted by molar-refractivity contribution is 6.35. The van der Waals surface area contributed by atoms with E-state index in [1.165, 1.54) is 15.7 Å². The quantitative estimate of drug-likeness (QED) is 0.512. The Morgan fingerprint density at radius 2 is 1.81 bits per heavy atom. The van der Waals surface area contributed by atoms with Gasteiger partial charge in [0.25, 0.3) is 5.56 Å². The number of pyridine rings is 1. The molecule has 8 heteroatoms. The summed E-state index contributed by atoms with van der Waals surface area (Å²) in [5.41, 5.74) is 2.54. The standard InChI is InChI=1S/C29H34ClN3O4/c30-28-17-33(16-23(34)15-31-10-7-20-3-1-2-4-21(20)14-31)29(35)26-6-5-25(13-27(26)28)37-24-8-11-32(12-9-24)22-18-36-19-22/h1-6,13,17,22-24,34H,7-12,14-16,18-19H2/t23-/m1/s1. The number of β-amino-alcohol motifs (C(OH)–C–C–N with tert-alkyl or cyclic N) is 1.